The number of aliphatic carboxylic acids is 1. The van der Waals surface area contributed by atoms with Gasteiger partial charge in [-0.3, -0.25) is 9.59 Å². The van der Waals surface area contributed by atoms with Crippen LogP contribution in [0.5, 0.6) is 0 Å². The van der Waals surface area contributed by atoms with Gasteiger partial charge in [0.2, 0.25) is 0 Å². The van der Waals surface area contributed by atoms with E-state index in [0.29, 0.717) is 25.8 Å². The topological polar surface area (TPSA) is 114 Å². The molecule has 0 saturated carbocycles. The molecule has 1 aliphatic heterocycles. The van der Waals surface area contributed by atoms with Crippen molar-refractivity contribution in [3.63, 3.8) is 0 Å². The number of nitriles is 1. The van der Waals surface area contributed by atoms with Crippen molar-refractivity contribution in [1.82, 2.24) is 10.2 Å². The van der Waals surface area contributed by atoms with Gasteiger partial charge in [-0.25, -0.2) is 0 Å². The van der Waals surface area contributed by atoms with E-state index in [9.17, 15) is 14.9 Å². The molecule has 1 unspecified atom stereocenters. The molecule has 134 valence electrons. The first kappa shape index (κ1) is 20.0. The van der Waals surface area contributed by atoms with E-state index in [2.05, 4.69) is 5.32 Å². The lowest BCUT2D eigenvalue weighted by Crippen LogP contribution is -2.37. The van der Waals surface area contributed by atoms with Gasteiger partial charge < -0.3 is 20.4 Å². The highest BCUT2D eigenvalue weighted by Gasteiger charge is 2.21. The molecule has 1 atom stereocenters. The number of unbranched alkanes of at least 4 members (excludes halogenated alkanes) is 2. The highest BCUT2D eigenvalue weighted by molar-refractivity contribution is 5.97. The summed E-state index contributed by atoms with van der Waals surface area (Å²) in [7, 11) is 0. The SMILES string of the molecule is N#C/C(=C/N1CCCCC1CCO)C(=O)NCCCCCC(=O)O. The van der Waals surface area contributed by atoms with Crippen molar-refractivity contribution in [2.24, 2.45) is 0 Å². The molecule has 0 radical (unpaired) electrons. The summed E-state index contributed by atoms with van der Waals surface area (Å²) in [6.07, 6.45) is 7.46. The third kappa shape index (κ3) is 7.47. The van der Waals surface area contributed by atoms with E-state index >= 15 is 0 Å². The summed E-state index contributed by atoms with van der Waals surface area (Å²) < 4.78 is 0. The smallest absolute Gasteiger partial charge is 0.303 e. The molecule has 0 aliphatic carbocycles. The number of piperidine rings is 1. The quantitative estimate of drug-likeness (QED) is 0.315. The van der Waals surface area contributed by atoms with Crippen LogP contribution in [0, 0.1) is 11.3 Å². The molecule has 1 fully saturated rings. The molecule has 0 aromatic heterocycles. The average molecular weight is 337 g/mol. The fourth-order valence-corrected chi connectivity index (χ4v) is 2.83. The zero-order valence-corrected chi connectivity index (χ0v) is 14.0. The summed E-state index contributed by atoms with van der Waals surface area (Å²) in [6, 6.07) is 2.12. The Hall–Kier alpha value is -2.07. The molecule has 1 heterocycles. The fraction of sp³-hybridized carbons (Fsp3) is 0.706. The van der Waals surface area contributed by atoms with E-state index in [1.807, 2.05) is 11.0 Å². The van der Waals surface area contributed by atoms with Crippen molar-refractivity contribution < 1.29 is 19.8 Å². The number of rotatable bonds is 10. The van der Waals surface area contributed by atoms with Crippen molar-refractivity contribution in [2.45, 2.75) is 57.4 Å². The highest BCUT2D eigenvalue weighted by atomic mass is 16.4. The van der Waals surface area contributed by atoms with E-state index in [4.69, 9.17) is 10.2 Å². The monoisotopic (exact) mass is 337 g/mol. The number of hydrogen-bond acceptors (Lipinski definition) is 5. The molecule has 0 aromatic carbocycles. The maximum atomic E-state index is 12.1. The number of amides is 1. The van der Waals surface area contributed by atoms with Crippen LogP contribution in [0.3, 0.4) is 0 Å². The van der Waals surface area contributed by atoms with Crippen LogP contribution >= 0.6 is 0 Å². The van der Waals surface area contributed by atoms with Gasteiger partial charge in [0.25, 0.3) is 5.91 Å². The first-order chi connectivity index (χ1) is 11.6. The Morgan fingerprint density at radius 1 is 1.29 bits per heavy atom. The van der Waals surface area contributed by atoms with Crippen LogP contribution in [0.1, 0.15) is 51.4 Å². The number of aliphatic hydroxyl groups excluding tert-OH is 1. The predicted octanol–water partition coefficient (Wildman–Crippen LogP) is 1.39. The van der Waals surface area contributed by atoms with Gasteiger partial charge in [-0.1, -0.05) is 6.42 Å². The lowest BCUT2D eigenvalue weighted by Gasteiger charge is -2.34. The standard InChI is InChI=1S/C17H27N3O4/c18-12-14(13-20-10-5-3-6-15(20)8-11-21)17(24)19-9-4-1-2-7-16(22)23/h13,15,21H,1-11H2,(H,19,24)(H,22,23)/b14-13-. The second-order valence-electron chi connectivity index (χ2n) is 6.01. The number of aliphatic hydroxyl groups is 1. The van der Waals surface area contributed by atoms with Crippen molar-refractivity contribution in [2.75, 3.05) is 19.7 Å². The van der Waals surface area contributed by atoms with Gasteiger partial charge in [0.05, 0.1) is 0 Å². The first-order valence-corrected chi connectivity index (χ1v) is 8.57. The number of carbonyl (C=O) groups excluding carboxylic acids is 1. The van der Waals surface area contributed by atoms with Gasteiger partial charge >= 0.3 is 5.97 Å². The lowest BCUT2D eigenvalue weighted by molar-refractivity contribution is -0.137. The van der Waals surface area contributed by atoms with Crippen molar-refractivity contribution in [3.05, 3.63) is 11.8 Å². The molecule has 1 rings (SSSR count). The molecule has 0 bridgehead atoms. The van der Waals surface area contributed by atoms with Crippen LogP contribution in [0.25, 0.3) is 0 Å². The minimum atomic E-state index is -0.812. The number of nitrogens with one attached hydrogen (secondary N) is 1. The molecule has 1 aliphatic rings. The molecular formula is C17H27N3O4. The van der Waals surface area contributed by atoms with Gasteiger partial charge in [0.1, 0.15) is 11.6 Å². The summed E-state index contributed by atoms with van der Waals surface area (Å²) in [6.45, 7) is 1.31. The number of carboxylic acid groups (broad SMARTS) is 1. The van der Waals surface area contributed by atoms with E-state index in [0.717, 1.165) is 32.2 Å². The van der Waals surface area contributed by atoms with Gasteiger partial charge in [-0.05, 0) is 38.5 Å². The molecular weight excluding hydrogens is 310 g/mol. The van der Waals surface area contributed by atoms with E-state index in [-0.39, 0.29) is 24.6 Å². The Kier molecular flexibility index (Phi) is 9.54. The second-order valence-corrected chi connectivity index (χ2v) is 6.01. The number of carbonyl (C=O) groups is 2. The summed E-state index contributed by atoms with van der Waals surface area (Å²) >= 11 is 0. The summed E-state index contributed by atoms with van der Waals surface area (Å²) in [5.41, 5.74) is 0.0744. The Bertz CT molecular complexity index is 483. The van der Waals surface area contributed by atoms with Gasteiger partial charge in [-0.2, -0.15) is 5.26 Å². The van der Waals surface area contributed by atoms with E-state index in [1.165, 1.54) is 0 Å². The van der Waals surface area contributed by atoms with Gasteiger partial charge in [-0.15, -0.1) is 0 Å². The van der Waals surface area contributed by atoms with E-state index < -0.39 is 11.9 Å². The number of likely N-dealkylation sites (tertiary alicyclic amines) is 1. The minimum absolute atomic E-state index is 0.0744. The molecule has 1 saturated heterocycles. The van der Waals surface area contributed by atoms with Crippen LogP contribution < -0.4 is 5.32 Å². The van der Waals surface area contributed by atoms with Gasteiger partial charge in [0, 0.05) is 38.4 Å². The van der Waals surface area contributed by atoms with Crippen molar-refractivity contribution >= 4 is 11.9 Å². The van der Waals surface area contributed by atoms with Crippen LogP contribution in [0.4, 0.5) is 0 Å². The molecule has 3 N–H and O–H groups in total. The maximum Gasteiger partial charge on any atom is 0.303 e. The zero-order chi connectivity index (χ0) is 17.8. The second kappa shape index (κ2) is 11.5. The number of carboxylic acids is 1. The van der Waals surface area contributed by atoms with Crippen LogP contribution in [0.15, 0.2) is 11.8 Å². The zero-order valence-electron chi connectivity index (χ0n) is 14.0. The van der Waals surface area contributed by atoms with Crippen LogP contribution in [-0.2, 0) is 9.59 Å². The lowest BCUT2D eigenvalue weighted by atomic mass is 10.00. The van der Waals surface area contributed by atoms with Crippen molar-refractivity contribution in [3.8, 4) is 6.07 Å². The Morgan fingerprint density at radius 3 is 2.75 bits per heavy atom. The normalized spacial score (nSPS) is 18.1. The fourth-order valence-electron chi connectivity index (χ4n) is 2.83. The molecule has 7 nitrogen and oxygen atoms in total. The molecule has 1 amide bonds. The van der Waals surface area contributed by atoms with Gasteiger partial charge in [0.15, 0.2) is 0 Å². The van der Waals surface area contributed by atoms with Crippen LogP contribution in [0.2, 0.25) is 0 Å². The number of hydrogen-bond donors (Lipinski definition) is 3. The molecule has 24 heavy (non-hydrogen) atoms. The predicted molar refractivity (Wildman–Crippen MR) is 88.9 cm³/mol. The van der Waals surface area contributed by atoms with Crippen LogP contribution in [-0.4, -0.2) is 52.7 Å². The minimum Gasteiger partial charge on any atom is -0.481 e. The third-order valence-corrected chi connectivity index (χ3v) is 4.15. The Balaban J connectivity index is 2.44. The largest absolute Gasteiger partial charge is 0.481 e. The maximum absolute atomic E-state index is 12.1. The molecule has 0 aromatic rings. The summed E-state index contributed by atoms with van der Waals surface area (Å²) in [4.78, 5) is 24.5. The first-order valence-electron chi connectivity index (χ1n) is 8.57. The molecule has 0 spiro atoms. The summed E-state index contributed by atoms with van der Waals surface area (Å²) in [5.74, 6) is -1.21. The number of nitrogens with zero attached hydrogens (tertiary/aromatic N) is 2. The van der Waals surface area contributed by atoms with Crippen molar-refractivity contribution in [1.29, 1.82) is 5.26 Å². The van der Waals surface area contributed by atoms with E-state index in [1.54, 1.807) is 6.20 Å². The average Bonchev–Trinajstić information content (AvgIpc) is 2.57. The summed E-state index contributed by atoms with van der Waals surface area (Å²) in [5, 5.41) is 29.6. The Labute approximate surface area is 142 Å². The Morgan fingerprint density at radius 2 is 2.08 bits per heavy atom. The highest BCUT2D eigenvalue weighted by Crippen LogP contribution is 2.20. The molecule has 7 heteroatoms. The third-order valence-electron chi connectivity index (χ3n) is 4.15.